The quantitative estimate of drug-likeness (QED) is 0.264. The lowest BCUT2D eigenvalue weighted by Gasteiger charge is -2.16. The van der Waals surface area contributed by atoms with Gasteiger partial charge in [-0.15, -0.1) is 0 Å². The summed E-state index contributed by atoms with van der Waals surface area (Å²) in [6, 6.07) is 21.3. The number of para-hydroxylation sites is 1. The van der Waals surface area contributed by atoms with Crippen LogP contribution in [-0.2, 0) is 12.6 Å². The Morgan fingerprint density at radius 2 is 1.72 bits per heavy atom. The van der Waals surface area contributed by atoms with Gasteiger partial charge >= 0.3 is 6.18 Å². The topological polar surface area (TPSA) is 107 Å². The summed E-state index contributed by atoms with van der Waals surface area (Å²) in [4.78, 5) is 0. The van der Waals surface area contributed by atoms with Crippen molar-refractivity contribution in [1.29, 1.82) is 10.7 Å². The van der Waals surface area contributed by atoms with Crippen LogP contribution in [0.3, 0.4) is 0 Å². The van der Waals surface area contributed by atoms with Crippen LogP contribution in [0.2, 0.25) is 0 Å². The minimum Gasteiger partial charge on any atom is -0.455 e. The molecular formula is C23H18F3N5O. The zero-order valence-electron chi connectivity index (χ0n) is 16.6. The first kappa shape index (κ1) is 22.4. The maximum atomic E-state index is 13.2. The molecule has 0 fully saturated rings. The number of benzene rings is 3. The average Bonchev–Trinajstić information content (AvgIpc) is 2.76. The van der Waals surface area contributed by atoms with Gasteiger partial charge in [0, 0.05) is 6.42 Å². The summed E-state index contributed by atoms with van der Waals surface area (Å²) in [6.45, 7) is 0. The highest BCUT2D eigenvalue weighted by Gasteiger charge is 2.31. The van der Waals surface area contributed by atoms with Gasteiger partial charge < -0.3 is 10.5 Å². The normalized spacial score (nSPS) is 11.5. The van der Waals surface area contributed by atoms with Gasteiger partial charge in [0.05, 0.1) is 11.3 Å². The van der Waals surface area contributed by atoms with E-state index >= 15 is 0 Å². The number of ether oxygens (including phenoxy) is 1. The van der Waals surface area contributed by atoms with E-state index in [1.165, 1.54) is 6.07 Å². The summed E-state index contributed by atoms with van der Waals surface area (Å²) in [6.07, 6.45) is -4.04. The Bertz CT molecular complexity index is 1180. The molecule has 0 aliphatic heterocycles. The van der Waals surface area contributed by atoms with Crippen LogP contribution in [0.5, 0.6) is 11.5 Å². The van der Waals surface area contributed by atoms with E-state index in [1.807, 2.05) is 42.5 Å². The lowest BCUT2D eigenvalue weighted by molar-refractivity contribution is -0.137. The van der Waals surface area contributed by atoms with Crippen LogP contribution in [0, 0.1) is 16.7 Å². The molecule has 32 heavy (non-hydrogen) atoms. The lowest BCUT2D eigenvalue weighted by atomic mass is 10.0. The number of nitrogens with two attached hydrogens (primary N) is 1. The molecule has 4 N–H and O–H groups in total. The molecule has 3 aromatic carbocycles. The van der Waals surface area contributed by atoms with Crippen molar-refractivity contribution in [3.8, 4) is 17.6 Å². The second-order valence-electron chi connectivity index (χ2n) is 6.68. The molecule has 0 saturated heterocycles. The van der Waals surface area contributed by atoms with Crippen molar-refractivity contribution in [2.45, 2.75) is 12.6 Å². The van der Waals surface area contributed by atoms with Gasteiger partial charge in [0.1, 0.15) is 11.8 Å². The molecule has 3 rings (SSSR count). The number of nitriles is 1. The molecule has 0 bridgehead atoms. The number of rotatable bonds is 7. The molecule has 162 valence electrons. The zero-order valence-corrected chi connectivity index (χ0v) is 16.6. The van der Waals surface area contributed by atoms with Crippen LogP contribution >= 0.6 is 0 Å². The molecule has 0 aliphatic rings. The smallest absolute Gasteiger partial charge is 0.416 e. The maximum Gasteiger partial charge on any atom is 0.416 e. The van der Waals surface area contributed by atoms with E-state index in [1.54, 1.807) is 18.2 Å². The molecule has 0 aromatic heterocycles. The molecule has 0 aliphatic carbocycles. The lowest BCUT2D eigenvalue weighted by Crippen LogP contribution is -2.22. The van der Waals surface area contributed by atoms with Crippen molar-refractivity contribution < 1.29 is 17.9 Å². The van der Waals surface area contributed by atoms with Gasteiger partial charge in [0.15, 0.2) is 11.6 Å². The van der Waals surface area contributed by atoms with Crippen LogP contribution in [-0.4, -0.2) is 11.5 Å². The number of hydrogen-bond donors (Lipinski definition) is 3. The number of halogens is 3. The third kappa shape index (κ3) is 5.64. The highest BCUT2D eigenvalue weighted by atomic mass is 19.4. The fraction of sp³-hybridized carbons (Fsp3) is 0.0870. The van der Waals surface area contributed by atoms with Gasteiger partial charge in [0.2, 0.25) is 5.71 Å². The molecule has 9 heteroatoms. The monoisotopic (exact) mass is 437 g/mol. The van der Waals surface area contributed by atoms with E-state index in [9.17, 15) is 13.2 Å². The molecule has 0 spiro atoms. The number of hydrazone groups is 1. The van der Waals surface area contributed by atoms with Crippen LogP contribution in [0.1, 0.15) is 16.7 Å². The first-order valence-electron chi connectivity index (χ1n) is 9.37. The highest BCUT2D eigenvalue weighted by Crippen LogP contribution is 2.37. The van der Waals surface area contributed by atoms with Crippen LogP contribution < -0.4 is 15.9 Å². The third-order valence-electron chi connectivity index (χ3n) is 4.39. The van der Waals surface area contributed by atoms with E-state index in [4.69, 9.17) is 21.1 Å². The van der Waals surface area contributed by atoms with E-state index in [2.05, 4.69) is 10.5 Å². The van der Waals surface area contributed by atoms with Gasteiger partial charge in [-0.25, -0.2) is 0 Å². The minimum atomic E-state index is -4.59. The van der Waals surface area contributed by atoms with E-state index in [0.717, 1.165) is 23.3 Å². The minimum absolute atomic E-state index is 0.0584. The number of nitrogens with zero attached hydrogens (tertiary/aromatic N) is 2. The maximum absolute atomic E-state index is 13.2. The summed E-state index contributed by atoms with van der Waals surface area (Å²) < 4.78 is 45.6. The van der Waals surface area contributed by atoms with E-state index in [0.29, 0.717) is 12.2 Å². The zero-order chi connectivity index (χ0) is 23.1. The van der Waals surface area contributed by atoms with Gasteiger partial charge in [-0.2, -0.15) is 23.5 Å². The van der Waals surface area contributed by atoms with Gasteiger partial charge in [-0.1, -0.05) is 48.5 Å². The van der Waals surface area contributed by atoms with Crippen LogP contribution in [0.4, 0.5) is 18.9 Å². The Labute approximate surface area is 182 Å². The fourth-order valence-electron chi connectivity index (χ4n) is 2.83. The number of alkyl halides is 3. The Hall–Kier alpha value is -4.32. The Kier molecular flexibility index (Phi) is 6.75. The summed E-state index contributed by atoms with van der Waals surface area (Å²) in [5.41, 5.74) is 7.94. The second kappa shape index (κ2) is 9.66. The van der Waals surface area contributed by atoms with Crippen molar-refractivity contribution in [3.63, 3.8) is 0 Å². The molecule has 0 unspecified atom stereocenters. The molecule has 6 nitrogen and oxygen atoms in total. The third-order valence-corrected chi connectivity index (χ3v) is 4.39. The van der Waals surface area contributed by atoms with Crippen molar-refractivity contribution in [3.05, 3.63) is 89.5 Å². The summed E-state index contributed by atoms with van der Waals surface area (Å²) in [5.74, 6) is -0.110. The standard InChI is InChI=1S/C23H18F3N5O/c24-23(25,26)17-10-11-21(18(13-17)30-31-19(14-27)22(28)29)32-20-9-5-4-8-16(20)12-15-6-2-1-3-7-15/h1-11,13,30H,12H2,(H3,28,29)/b31-19+. The van der Waals surface area contributed by atoms with E-state index < -0.39 is 23.3 Å². The molecular weight excluding hydrogens is 419 g/mol. The fourth-order valence-corrected chi connectivity index (χ4v) is 2.83. The predicted octanol–water partition coefficient (Wildman–Crippen LogP) is 5.32. The van der Waals surface area contributed by atoms with Gasteiger partial charge in [-0.05, 0) is 35.4 Å². The first-order valence-corrected chi connectivity index (χ1v) is 9.37. The van der Waals surface area contributed by atoms with E-state index in [-0.39, 0.29) is 11.4 Å². The second-order valence-corrected chi connectivity index (χ2v) is 6.68. The van der Waals surface area contributed by atoms with Gasteiger partial charge in [-0.3, -0.25) is 10.8 Å². The van der Waals surface area contributed by atoms with Crippen LogP contribution in [0.15, 0.2) is 77.9 Å². The number of amidine groups is 1. The summed E-state index contributed by atoms with van der Waals surface area (Å²) in [7, 11) is 0. The highest BCUT2D eigenvalue weighted by molar-refractivity contribution is 6.45. The Morgan fingerprint density at radius 3 is 2.38 bits per heavy atom. The summed E-state index contributed by atoms with van der Waals surface area (Å²) >= 11 is 0. The Balaban J connectivity index is 1.97. The SMILES string of the molecule is N#C/C(=N\Nc1cc(C(F)(F)F)ccc1Oc1ccccc1Cc1ccccc1)C(=N)N. The Morgan fingerprint density at radius 1 is 1.03 bits per heavy atom. The predicted molar refractivity (Wildman–Crippen MR) is 116 cm³/mol. The largest absolute Gasteiger partial charge is 0.455 e. The molecule has 0 radical (unpaired) electrons. The first-order chi connectivity index (χ1) is 15.3. The molecule has 0 amide bonds. The number of nitrogens with one attached hydrogen (secondary N) is 2. The van der Waals surface area contributed by atoms with Gasteiger partial charge in [0.25, 0.3) is 0 Å². The molecule has 0 atom stereocenters. The van der Waals surface area contributed by atoms with Crippen molar-refractivity contribution in [2.75, 3.05) is 5.43 Å². The van der Waals surface area contributed by atoms with Crippen LogP contribution in [0.25, 0.3) is 0 Å². The van der Waals surface area contributed by atoms with Crippen molar-refractivity contribution in [2.24, 2.45) is 10.8 Å². The number of hydrogen-bond acceptors (Lipinski definition) is 5. The average molecular weight is 437 g/mol. The van der Waals surface area contributed by atoms with Crippen molar-refractivity contribution >= 4 is 17.2 Å². The molecule has 0 saturated carbocycles. The summed E-state index contributed by atoms with van der Waals surface area (Å²) in [5, 5.41) is 19.9. The number of anilines is 1. The van der Waals surface area contributed by atoms with Crippen molar-refractivity contribution in [1.82, 2.24) is 0 Å². The molecule has 0 heterocycles. The molecule has 3 aromatic rings.